The summed E-state index contributed by atoms with van der Waals surface area (Å²) in [6.45, 7) is 3.60. The van der Waals surface area contributed by atoms with Gasteiger partial charge in [0.1, 0.15) is 6.10 Å². The predicted octanol–water partition coefficient (Wildman–Crippen LogP) is -0.587. The van der Waals surface area contributed by atoms with Crippen molar-refractivity contribution in [3.05, 3.63) is 11.9 Å². The molecule has 1 fully saturated rings. The maximum absolute atomic E-state index is 5.52. The molecule has 0 aromatic carbocycles. The Balaban J connectivity index is 1.67. The van der Waals surface area contributed by atoms with Crippen molar-refractivity contribution >= 4 is 0 Å². The Morgan fingerprint density at radius 1 is 1.67 bits per heavy atom. The highest BCUT2D eigenvalue weighted by Crippen LogP contribution is 2.04. The third-order valence-corrected chi connectivity index (χ3v) is 2.23. The largest absolute Gasteiger partial charge is 0.376 e. The molecule has 2 heterocycles. The van der Waals surface area contributed by atoms with E-state index in [0.717, 1.165) is 32.0 Å². The number of rotatable bonds is 6. The molecule has 0 unspecified atom stereocenters. The monoisotopic (exact) mass is 212 g/mol. The summed E-state index contributed by atoms with van der Waals surface area (Å²) in [5.74, 6) is 0. The molecule has 1 aliphatic heterocycles. The van der Waals surface area contributed by atoms with Crippen LogP contribution < -0.4 is 5.32 Å². The number of aromatic nitrogens is 3. The highest BCUT2D eigenvalue weighted by molar-refractivity contribution is 4.90. The zero-order valence-electron chi connectivity index (χ0n) is 8.85. The summed E-state index contributed by atoms with van der Waals surface area (Å²) < 4.78 is 12.3. The Bertz CT molecular complexity index is 298. The third kappa shape index (κ3) is 2.98. The van der Waals surface area contributed by atoms with Crippen LogP contribution >= 0.6 is 0 Å². The van der Waals surface area contributed by atoms with Crippen molar-refractivity contribution in [2.75, 3.05) is 26.9 Å². The molecule has 84 valence electrons. The topological polar surface area (TPSA) is 61.2 Å². The molecule has 1 N–H and O–H groups in total. The van der Waals surface area contributed by atoms with Gasteiger partial charge in [0.2, 0.25) is 0 Å². The zero-order chi connectivity index (χ0) is 10.5. The van der Waals surface area contributed by atoms with Crippen LogP contribution in [0.15, 0.2) is 6.20 Å². The fourth-order valence-corrected chi connectivity index (χ4v) is 1.33. The minimum Gasteiger partial charge on any atom is -0.376 e. The van der Waals surface area contributed by atoms with Crippen LogP contribution in [0.4, 0.5) is 0 Å². The third-order valence-electron chi connectivity index (χ3n) is 2.23. The van der Waals surface area contributed by atoms with Gasteiger partial charge in [-0.15, -0.1) is 5.10 Å². The Morgan fingerprint density at radius 3 is 3.20 bits per heavy atom. The molecule has 1 aromatic rings. The van der Waals surface area contributed by atoms with Crippen molar-refractivity contribution in [2.45, 2.75) is 19.2 Å². The van der Waals surface area contributed by atoms with E-state index in [1.807, 2.05) is 13.2 Å². The van der Waals surface area contributed by atoms with Crippen LogP contribution in [0.1, 0.15) is 5.69 Å². The van der Waals surface area contributed by atoms with Gasteiger partial charge in [-0.1, -0.05) is 5.21 Å². The smallest absolute Gasteiger partial charge is 0.104 e. The highest BCUT2D eigenvalue weighted by atomic mass is 16.6. The molecule has 6 nitrogen and oxygen atoms in total. The minimum absolute atomic E-state index is 0.283. The van der Waals surface area contributed by atoms with Crippen molar-refractivity contribution in [3.8, 4) is 0 Å². The van der Waals surface area contributed by atoms with Crippen molar-refractivity contribution in [2.24, 2.45) is 0 Å². The van der Waals surface area contributed by atoms with Gasteiger partial charge >= 0.3 is 0 Å². The van der Waals surface area contributed by atoms with Crippen LogP contribution in [0.3, 0.4) is 0 Å². The molecule has 0 atom stereocenters. The second kappa shape index (κ2) is 5.20. The molecular formula is C9H16N4O2. The first kappa shape index (κ1) is 10.5. The molecule has 6 heteroatoms. The van der Waals surface area contributed by atoms with E-state index in [9.17, 15) is 0 Å². The van der Waals surface area contributed by atoms with Crippen molar-refractivity contribution in [3.63, 3.8) is 0 Å². The van der Waals surface area contributed by atoms with E-state index in [2.05, 4.69) is 15.6 Å². The van der Waals surface area contributed by atoms with Gasteiger partial charge in [0, 0.05) is 12.7 Å². The maximum Gasteiger partial charge on any atom is 0.104 e. The van der Waals surface area contributed by atoms with Crippen LogP contribution in [0.25, 0.3) is 0 Å². The summed E-state index contributed by atoms with van der Waals surface area (Å²) in [5.41, 5.74) is 0.949. The summed E-state index contributed by atoms with van der Waals surface area (Å²) >= 11 is 0. The molecule has 0 spiro atoms. The van der Waals surface area contributed by atoms with Crippen LogP contribution in [0.2, 0.25) is 0 Å². The maximum atomic E-state index is 5.52. The normalized spacial score (nSPS) is 16.6. The number of hydrogen-bond acceptors (Lipinski definition) is 5. The Kier molecular flexibility index (Phi) is 3.65. The summed E-state index contributed by atoms with van der Waals surface area (Å²) in [7, 11) is 1.89. The molecule has 0 radical (unpaired) electrons. The quantitative estimate of drug-likeness (QED) is 0.683. The van der Waals surface area contributed by atoms with Gasteiger partial charge in [-0.05, 0) is 7.05 Å². The fourth-order valence-electron chi connectivity index (χ4n) is 1.33. The second-order valence-corrected chi connectivity index (χ2v) is 3.53. The predicted molar refractivity (Wildman–Crippen MR) is 53.3 cm³/mol. The minimum atomic E-state index is 0.283. The number of ether oxygens (including phenoxy) is 2. The van der Waals surface area contributed by atoms with E-state index in [4.69, 9.17) is 9.47 Å². The SMILES string of the molecule is CNCc1cn(CCOC2COC2)nn1. The summed E-state index contributed by atoms with van der Waals surface area (Å²) in [6.07, 6.45) is 2.21. The van der Waals surface area contributed by atoms with Gasteiger partial charge in [0.15, 0.2) is 0 Å². The molecule has 1 aliphatic rings. The molecular weight excluding hydrogens is 196 g/mol. The lowest BCUT2D eigenvalue weighted by Gasteiger charge is -2.25. The summed E-state index contributed by atoms with van der Waals surface area (Å²) in [6, 6.07) is 0. The van der Waals surface area contributed by atoms with E-state index in [1.54, 1.807) is 4.68 Å². The molecule has 2 rings (SSSR count). The number of nitrogens with one attached hydrogen (secondary N) is 1. The first-order valence-electron chi connectivity index (χ1n) is 5.11. The van der Waals surface area contributed by atoms with Crippen molar-refractivity contribution in [1.29, 1.82) is 0 Å². The van der Waals surface area contributed by atoms with E-state index in [-0.39, 0.29) is 6.10 Å². The average Bonchev–Trinajstić information content (AvgIpc) is 2.58. The van der Waals surface area contributed by atoms with Crippen LogP contribution in [0, 0.1) is 0 Å². The van der Waals surface area contributed by atoms with Gasteiger partial charge in [-0.25, -0.2) is 4.68 Å². The van der Waals surface area contributed by atoms with E-state index in [1.165, 1.54) is 0 Å². The van der Waals surface area contributed by atoms with E-state index in [0.29, 0.717) is 6.61 Å². The van der Waals surface area contributed by atoms with Gasteiger partial charge in [0.25, 0.3) is 0 Å². The van der Waals surface area contributed by atoms with Gasteiger partial charge in [0.05, 0.1) is 32.1 Å². The number of nitrogens with zero attached hydrogens (tertiary/aromatic N) is 3. The molecule has 1 saturated heterocycles. The molecule has 0 bridgehead atoms. The van der Waals surface area contributed by atoms with E-state index >= 15 is 0 Å². The van der Waals surface area contributed by atoms with Crippen LogP contribution in [-0.4, -0.2) is 48.0 Å². The molecule has 15 heavy (non-hydrogen) atoms. The van der Waals surface area contributed by atoms with Crippen molar-refractivity contribution in [1.82, 2.24) is 20.3 Å². The number of hydrogen-bond donors (Lipinski definition) is 1. The standard InChI is InChI=1S/C9H16N4O2/c1-10-4-8-5-13(12-11-8)2-3-15-9-6-14-7-9/h5,9-10H,2-4,6-7H2,1H3. The zero-order valence-corrected chi connectivity index (χ0v) is 8.85. The van der Waals surface area contributed by atoms with Crippen molar-refractivity contribution < 1.29 is 9.47 Å². The van der Waals surface area contributed by atoms with Gasteiger partial charge < -0.3 is 14.8 Å². The lowest BCUT2D eigenvalue weighted by molar-refractivity contribution is -0.131. The van der Waals surface area contributed by atoms with E-state index < -0.39 is 0 Å². The average molecular weight is 212 g/mol. The molecule has 0 aliphatic carbocycles. The molecule has 0 saturated carbocycles. The fraction of sp³-hybridized carbons (Fsp3) is 0.778. The first-order valence-corrected chi connectivity index (χ1v) is 5.11. The Morgan fingerprint density at radius 2 is 2.53 bits per heavy atom. The highest BCUT2D eigenvalue weighted by Gasteiger charge is 2.18. The lowest BCUT2D eigenvalue weighted by atomic mass is 10.3. The summed E-state index contributed by atoms with van der Waals surface area (Å²) in [5, 5.41) is 11.0. The lowest BCUT2D eigenvalue weighted by Crippen LogP contribution is -2.36. The Hall–Kier alpha value is -0.980. The van der Waals surface area contributed by atoms with Crippen LogP contribution in [0.5, 0.6) is 0 Å². The molecule has 0 amide bonds. The Labute approximate surface area is 88.6 Å². The molecule has 1 aromatic heterocycles. The van der Waals surface area contributed by atoms with Crippen LogP contribution in [-0.2, 0) is 22.6 Å². The second-order valence-electron chi connectivity index (χ2n) is 3.53. The first-order chi connectivity index (χ1) is 7.38. The summed E-state index contributed by atoms with van der Waals surface area (Å²) in [4.78, 5) is 0. The van der Waals surface area contributed by atoms with Gasteiger partial charge in [-0.3, -0.25) is 0 Å². The van der Waals surface area contributed by atoms with Gasteiger partial charge in [-0.2, -0.15) is 0 Å².